The van der Waals surface area contributed by atoms with Crippen LogP contribution >= 0.6 is 0 Å². The van der Waals surface area contributed by atoms with E-state index < -0.39 is 6.10 Å². The summed E-state index contributed by atoms with van der Waals surface area (Å²) in [5.74, 6) is -0.898. The summed E-state index contributed by atoms with van der Waals surface area (Å²) in [4.78, 5) is 38.4. The predicted molar refractivity (Wildman–Crippen MR) is 330 cm³/mol. The molecule has 0 aromatic heterocycles. The van der Waals surface area contributed by atoms with Crippen LogP contribution in [0, 0.1) is 0 Å². The Morgan fingerprint density at radius 1 is 0.276 bits per heavy atom. The minimum absolute atomic E-state index is 0.0838. The summed E-state index contributed by atoms with van der Waals surface area (Å²) in [5.41, 5.74) is 0. The number of carbonyl (C=O) groups is 3. The Morgan fingerprint density at radius 3 is 0.816 bits per heavy atom. The molecule has 0 spiro atoms. The third-order valence-electron chi connectivity index (χ3n) is 14.4. The molecule has 0 N–H and O–H groups in total. The van der Waals surface area contributed by atoms with Crippen LogP contribution in [0.15, 0.2) is 72.9 Å². The maximum Gasteiger partial charge on any atom is 0.306 e. The molecule has 0 fully saturated rings. The van der Waals surface area contributed by atoms with Crippen molar-refractivity contribution in [2.75, 3.05) is 13.2 Å². The van der Waals surface area contributed by atoms with Crippen molar-refractivity contribution in [3.8, 4) is 0 Å². The van der Waals surface area contributed by atoms with Crippen LogP contribution in [0.4, 0.5) is 0 Å². The first-order chi connectivity index (χ1) is 37.5. The SMILES string of the molecule is CC/C=C\C/C=C\C/C=C\C/C=C\CCCCCCC(=O)OCC(COC(=O)CCCCCCCCCCCCC/C=C\CCCCCCCCCC)OC(=O)CCCCCCCCC/C=C\CCCCCCCCC. The molecule has 440 valence electrons. The zero-order chi connectivity index (χ0) is 55.0. The first-order valence-corrected chi connectivity index (χ1v) is 32.9. The fourth-order valence-electron chi connectivity index (χ4n) is 9.48. The Balaban J connectivity index is 4.37. The van der Waals surface area contributed by atoms with Gasteiger partial charge in [0.05, 0.1) is 0 Å². The van der Waals surface area contributed by atoms with Crippen molar-refractivity contribution in [2.45, 2.75) is 341 Å². The Labute approximate surface area is 472 Å². The molecule has 76 heavy (non-hydrogen) atoms. The molecule has 0 heterocycles. The molecule has 0 aromatic rings. The highest BCUT2D eigenvalue weighted by molar-refractivity contribution is 5.71. The van der Waals surface area contributed by atoms with Crippen molar-refractivity contribution in [2.24, 2.45) is 0 Å². The molecule has 0 aliphatic rings. The van der Waals surface area contributed by atoms with Crippen molar-refractivity contribution < 1.29 is 28.6 Å². The summed E-state index contributed by atoms with van der Waals surface area (Å²) < 4.78 is 16.9. The van der Waals surface area contributed by atoms with E-state index in [0.29, 0.717) is 19.3 Å². The van der Waals surface area contributed by atoms with E-state index in [1.165, 1.54) is 199 Å². The fourth-order valence-corrected chi connectivity index (χ4v) is 9.48. The van der Waals surface area contributed by atoms with Crippen LogP contribution in [-0.4, -0.2) is 37.2 Å². The summed E-state index contributed by atoms with van der Waals surface area (Å²) in [7, 11) is 0. The van der Waals surface area contributed by atoms with Crippen LogP contribution in [0.3, 0.4) is 0 Å². The highest BCUT2D eigenvalue weighted by Crippen LogP contribution is 2.17. The van der Waals surface area contributed by atoms with E-state index >= 15 is 0 Å². The Hall–Kier alpha value is -3.15. The molecule has 6 heteroatoms. The largest absolute Gasteiger partial charge is 0.462 e. The summed E-state index contributed by atoms with van der Waals surface area (Å²) in [5, 5.41) is 0. The maximum absolute atomic E-state index is 12.9. The van der Waals surface area contributed by atoms with Crippen molar-refractivity contribution >= 4 is 17.9 Å². The molecule has 0 saturated heterocycles. The first-order valence-electron chi connectivity index (χ1n) is 32.9. The lowest BCUT2D eigenvalue weighted by atomic mass is 10.0. The van der Waals surface area contributed by atoms with Gasteiger partial charge in [0, 0.05) is 19.3 Å². The minimum Gasteiger partial charge on any atom is -0.462 e. The van der Waals surface area contributed by atoms with Gasteiger partial charge in [0.15, 0.2) is 6.10 Å². The molecule has 0 bridgehead atoms. The van der Waals surface area contributed by atoms with Gasteiger partial charge in [0.25, 0.3) is 0 Å². The van der Waals surface area contributed by atoms with Crippen molar-refractivity contribution in [1.82, 2.24) is 0 Å². The number of carbonyl (C=O) groups excluding carboxylic acids is 3. The van der Waals surface area contributed by atoms with Crippen LogP contribution in [0.5, 0.6) is 0 Å². The zero-order valence-electron chi connectivity index (χ0n) is 50.5. The molecule has 6 nitrogen and oxygen atoms in total. The Morgan fingerprint density at radius 2 is 0.513 bits per heavy atom. The van der Waals surface area contributed by atoms with E-state index in [1.807, 2.05) is 0 Å². The van der Waals surface area contributed by atoms with Crippen LogP contribution in [0.25, 0.3) is 0 Å². The molecular weight excluding hydrogens is 937 g/mol. The second-order valence-corrected chi connectivity index (χ2v) is 22.0. The monoisotopic (exact) mass is 1060 g/mol. The normalized spacial score (nSPS) is 12.5. The van der Waals surface area contributed by atoms with Gasteiger partial charge in [-0.2, -0.15) is 0 Å². The second kappa shape index (κ2) is 64.4. The van der Waals surface area contributed by atoms with Gasteiger partial charge in [0.1, 0.15) is 13.2 Å². The molecule has 0 radical (unpaired) electrons. The van der Waals surface area contributed by atoms with E-state index in [4.69, 9.17) is 14.2 Å². The van der Waals surface area contributed by atoms with Gasteiger partial charge in [0.2, 0.25) is 0 Å². The lowest BCUT2D eigenvalue weighted by molar-refractivity contribution is -0.167. The van der Waals surface area contributed by atoms with Crippen LogP contribution < -0.4 is 0 Å². The molecule has 0 aromatic carbocycles. The topological polar surface area (TPSA) is 78.9 Å². The first kappa shape index (κ1) is 72.8. The summed E-state index contributed by atoms with van der Waals surface area (Å²) in [6.07, 6.45) is 83.4. The molecule has 0 saturated carbocycles. The standard InChI is InChI=1S/C70H124O6/c1-4-7-10-13-16-19-22-25-28-31-33-34-35-36-37-40-42-45-48-51-54-57-60-63-69(72)75-66-67(65-74-68(71)62-59-56-53-50-47-44-41-38-30-27-24-21-18-15-12-9-6-3)76-70(73)64-61-58-55-52-49-46-43-39-32-29-26-23-20-17-14-11-8-5-2/h9,12,18,21,27,29-33,41,44,67H,4-8,10-11,13-17,19-20,22-26,28,34-40,42-43,45-66H2,1-3H3/b12-9-,21-18-,30-27-,32-29-,33-31-,44-41-. The molecular formula is C70H124O6. The third kappa shape index (κ3) is 61.7. The summed E-state index contributed by atoms with van der Waals surface area (Å²) in [6.45, 7) is 6.54. The van der Waals surface area contributed by atoms with Crippen molar-refractivity contribution in [1.29, 1.82) is 0 Å². The Bertz CT molecular complexity index is 1400. The summed E-state index contributed by atoms with van der Waals surface area (Å²) >= 11 is 0. The highest BCUT2D eigenvalue weighted by Gasteiger charge is 2.19. The van der Waals surface area contributed by atoms with E-state index in [9.17, 15) is 14.4 Å². The quantitative estimate of drug-likeness (QED) is 0.0261. The Kier molecular flexibility index (Phi) is 61.7. The number of unbranched alkanes of at least 4 members (excludes halogenated alkanes) is 37. The van der Waals surface area contributed by atoms with Gasteiger partial charge in [-0.25, -0.2) is 0 Å². The van der Waals surface area contributed by atoms with Crippen molar-refractivity contribution in [3.63, 3.8) is 0 Å². The number of rotatable bonds is 60. The number of esters is 3. The number of hydrogen-bond donors (Lipinski definition) is 0. The van der Waals surface area contributed by atoms with Crippen molar-refractivity contribution in [3.05, 3.63) is 72.9 Å². The van der Waals surface area contributed by atoms with E-state index in [2.05, 4.69) is 93.7 Å². The van der Waals surface area contributed by atoms with E-state index in [0.717, 1.165) is 96.3 Å². The van der Waals surface area contributed by atoms with E-state index in [-0.39, 0.29) is 31.1 Å². The molecule has 0 rings (SSSR count). The zero-order valence-corrected chi connectivity index (χ0v) is 50.5. The lowest BCUT2D eigenvalue weighted by Gasteiger charge is -2.18. The van der Waals surface area contributed by atoms with E-state index in [1.54, 1.807) is 0 Å². The number of hydrogen-bond acceptors (Lipinski definition) is 6. The predicted octanol–water partition coefficient (Wildman–Crippen LogP) is 22.5. The highest BCUT2D eigenvalue weighted by atomic mass is 16.6. The minimum atomic E-state index is -0.790. The second-order valence-electron chi connectivity index (χ2n) is 22.0. The van der Waals surface area contributed by atoms with Gasteiger partial charge in [-0.1, -0.05) is 280 Å². The lowest BCUT2D eigenvalue weighted by Crippen LogP contribution is -2.30. The molecule has 1 atom stereocenters. The van der Waals surface area contributed by atoms with Crippen LogP contribution in [-0.2, 0) is 28.6 Å². The molecule has 0 aliphatic heterocycles. The van der Waals surface area contributed by atoms with Gasteiger partial charge < -0.3 is 14.2 Å². The van der Waals surface area contributed by atoms with Gasteiger partial charge in [-0.3, -0.25) is 14.4 Å². The van der Waals surface area contributed by atoms with Gasteiger partial charge in [-0.15, -0.1) is 0 Å². The van der Waals surface area contributed by atoms with Crippen LogP contribution in [0.1, 0.15) is 335 Å². The molecule has 0 amide bonds. The average molecular weight is 1060 g/mol. The number of ether oxygens (including phenoxy) is 3. The van der Waals surface area contributed by atoms with Gasteiger partial charge >= 0.3 is 17.9 Å². The maximum atomic E-state index is 12.9. The molecule has 1 unspecified atom stereocenters. The smallest absolute Gasteiger partial charge is 0.306 e. The molecule has 0 aliphatic carbocycles. The third-order valence-corrected chi connectivity index (χ3v) is 14.4. The fraction of sp³-hybridized carbons (Fsp3) is 0.786. The summed E-state index contributed by atoms with van der Waals surface area (Å²) in [6, 6.07) is 0. The number of allylic oxidation sites excluding steroid dienone is 12. The average Bonchev–Trinajstić information content (AvgIpc) is 3.42. The van der Waals surface area contributed by atoms with Gasteiger partial charge in [-0.05, 0) is 109 Å². The van der Waals surface area contributed by atoms with Crippen LogP contribution in [0.2, 0.25) is 0 Å².